The molecular formula is C35H53N3O3. The first kappa shape index (κ1) is 35.8. The summed E-state index contributed by atoms with van der Waals surface area (Å²) in [5.74, 6) is 6.39. The third kappa shape index (κ3) is 11.3. The SMILES string of the molecule is C=C(N)c1c(C(=O)Nc2ccc(COC)cc2)c(C#CC(C)(C)C)n(C2(C)CC2)c1C.C=CC.CCCOCCC. The molecule has 41 heavy (non-hydrogen) atoms. The normalized spacial score (nSPS) is 12.9. The van der Waals surface area contributed by atoms with E-state index in [9.17, 15) is 4.79 Å². The van der Waals surface area contributed by atoms with Crippen molar-refractivity contribution in [1.82, 2.24) is 4.57 Å². The number of aromatic nitrogens is 1. The second kappa shape index (κ2) is 16.9. The molecule has 1 saturated carbocycles. The van der Waals surface area contributed by atoms with Crippen molar-refractivity contribution in [1.29, 1.82) is 0 Å². The van der Waals surface area contributed by atoms with Gasteiger partial charge in [-0.2, -0.15) is 0 Å². The molecule has 1 amide bonds. The van der Waals surface area contributed by atoms with Crippen LogP contribution >= 0.6 is 0 Å². The highest BCUT2D eigenvalue weighted by Gasteiger charge is 2.43. The van der Waals surface area contributed by atoms with Crippen molar-refractivity contribution < 1.29 is 14.3 Å². The average Bonchev–Trinajstić information content (AvgIpc) is 3.55. The first-order valence-corrected chi connectivity index (χ1v) is 14.6. The van der Waals surface area contributed by atoms with Crippen molar-refractivity contribution in [3.63, 3.8) is 0 Å². The van der Waals surface area contributed by atoms with Crippen LogP contribution in [-0.4, -0.2) is 30.8 Å². The Kier molecular flexibility index (Phi) is 14.7. The van der Waals surface area contributed by atoms with E-state index in [1.54, 1.807) is 13.2 Å². The zero-order chi connectivity index (χ0) is 31.2. The number of allylic oxidation sites excluding steroid dienone is 1. The Labute approximate surface area is 249 Å². The Bertz CT molecular complexity index is 1200. The number of hydrogen-bond donors (Lipinski definition) is 2. The smallest absolute Gasteiger partial charge is 0.259 e. The number of nitrogens with two attached hydrogens (primary N) is 1. The highest BCUT2D eigenvalue weighted by molar-refractivity contribution is 6.09. The van der Waals surface area contributed by atoms with Crippen LogP contribution in [0.15, 0.2) is 43.5 Å². The highest BCUT2D eigenvalue weighted by Crippen LogP contribution is 2.47. The molecule has 226 valence electrons. The van der Waals surface area contributed by atoms with Gasteiger partial charge in [-0.25, -0.2) is 0 Å². The van der Waals surface area contributed by atoms with Crippen LogP contribution < -0.4 is 11.1 Å². The molecule has 3 rings (SSSR count). The Balaban J connectivity index is 0.000000723. The molecule has 1 aliphatic carbocycles. The number of nitrogens with zero attached hydrogens (tertiary/aromatic N) is 1. The molecule has 1 fully saturated rings. The van der Waals surface area contributed by atoms with Gasteiger partial charge in [0.25, 0.3) is 5.91 Å². The Morgan fingerprint density at radius 3 is 2.10 bits per heavy atom. The van der Waals surface area contributed by atoms with Crippen molar-refractivity contribution in [2.45, 2.75) is 93.2 Å². The lowest BCUT2D eigenvalue weighted by molar-refractivity contribution is 0.102. The molecule has 6 heteroatoms. The maximum atomic E-state index is 13.5. The van der Waals surface area contributed by atoms with Crippen molar-refractivity contribution in [3.05, 3.63) is 71.6 Å². The molecule has 0 bridgehead atoms. The Morgan fingerprint density at radius 1 is 1.15 bits per heavy atom. The van der Waals surface area contributed by atoms with Crippen LogP contribution in [0.5, 0.6) is 0 Å². The van der Waals surface area contributed by atoms with Crippen LogP contribution in [0.3, 0.4) is 0 Å². The summed E-state index contributed by atoms with van der Waals surface area (Å²) in [5.41, 5.74) is 10.9. The molecule has 6 nitrogen and oxygen atoms in total. The lowest BCUT2D eigenvalue weighted by Gasteiger charge is -2.17. The molecular weight excluding hydrogens is 510 g/mol. The third-order valence-corrected chi connectivity index (χ3v) is 6.24. The number of carbonyl (C=O) groups is 1. The fourth-order valence-electron chi connectivity index (χ4n) is 4.18. The van der Waals surface area contributed by atoms with E-state index in [0.717, 1.165) is 50.2 Å². The number of amides is 1. The molecule has 1 aliphatic rings. The minimum atomic E-state index is -0.231. The summed E-state index contributed by atoms with van der Waals surface area (Å²) in [5, 5.41) is 3.02. The molecule has 0 spiro atoms. The van der Waals surface area contributed by atoms with Crippen LogP contribution in [0.25, 0.3) is 5.70 Å². The van der Waals surface area contributed by atoms with E-state index in [1.807, 2.05) is 38.1 Å². The molecule has 3 N–H and O–H groups in total. The number of methoxy groups -OCH3 is 1. The molecule has 1 aromatic heterocycles. The summed E-state index contributed by atoms with van der Waals surface area (Å²) < 4.78 is 12.5. The fourth-order valence-corrected chi connectivity index (χ4v) is 4.18. The largest absolute Gasteiger partial charge is 0.399 e. The molecule has 2 aromatic rings. The van der Waals surface area contributed by atoms with E-state index in [4.69, 9.17) is 15.2 Å². The van der Waals surface area contributed by atoms with Gasteiger partial charge in [0.05, 0.1) is 12.2 Å². The van der Waals surface area contributed by atoms with E-state index >= 15 is 0 Å². The van der Waals surface area contributed by atoms with Gasteiger partial charge in [0.15, 0.2) is 0 Å². The highest BCUT2D eigenvalue weighted by atomic mass is 16.5. The van der Waals surface area contributed by atoms with E-state index < -0.39 is 0 Å². The first-order valence-electron chi connectivity index (χ1n) is 14.6. The Morgan fingerprint density at radius 2 is 1.68 bits per heavy atom. The number of carbonyl (C=O) groups excluding carboxylic acids is 1. The average molecular weight is 564 g/mol. The molecule has 0 saturated heterocycles. The van der Waals surface area contributed by atoms with Gasteiger partial charge in [0.1, 0.15) is 5.69 Å². The zero-order valence-corrected chi connectivity index (χ0v) is 27.0. The minimum Gasteiger partial charge on any atom is -0.399 e. The summed E-state index contributed by atoms with van der Waals surface area (Å²) in [6, 6.07) is 7.61. The molecule has 0 atom stereocenters. The molecule has 1 heterocycles. The maximum Gasteiger partial charge on any atom is 0.259 e. The van der Waals surface area contributed by atoms with Gasteiger partial charge in [0, 0.05) is 53.9 Å². The summed E-state index contributed by atoms with van der Waals surface area (Å²) in [4.78, 5) is 13.5. The Hall–Kier alpha value is -3.27. The standard InChI is InChI=1S/C26H33N3O2.C6H14O.C3H6/c1-17(27)22-18(2)29(26(6)14-15-26)21(12-13-25(3,4)5)23(22)24(30)28-20-10-8-19(9-11-20)16-31-7;1-3-5-7-6-4-2;1-3-2/h8-11H,1,14-16,27H2,2-7H3,(H,28,30);3-6H2,1-2H3;3H,1H2,2H3. The van der Waals surface area contributed by atoms with Gasteiger partial charge in [0.2, 0.25) is 0 Å². The third-order valence-electron chi connectivity index (χ3n) is 6.24. The molecule has 0 aliphatic heterocycles. The second-order valence-corrected chi connectivity index (χ2v) is 11.6. The van der Waals surface area contributed by atoms with Gasteiger partial charge < -0.3 is 25.1 Å². The zero-order valence-electron chi connectivity index (χ0n) is 27.0. The van der Waals surface area contributed by atoms with Crippen molar-refractivity contribution in [2.24, 2.45) is 11.1 Å². The van der Waals surface area contributed by atoms with E-state index in [1.165, 1.54) is 0 Å². The summed E-state index contributed by atoms with van der Waals surface area (Å²) in [6.07, 6.45) is 6.12. The van der Waals surface area contributed by atoms with Gasteiger partial charge in [-0.1, -0.05) is 44.6 Å². The number of hydrogen-bond acceptors (Lipinski definition) is 4. The van der Waals surface area contributed by atoms with Crippen molar-refractivity contribution in [3.8, 4) is 11.8 Å². The van der Waals surface area contributed by atoms with Crippen LogP contribution in [0.2, 0.25) is 0 Å². The molecule has 0 radical (unpaired) electrons. The second-order valence-electron chi connectivity index (χ2n) is 11.6. The topological polar surface area (TPSA) is 78.5 Å². The number of nitrogens with one attached hydrogen (secondary N) is 1. The van der Waals surface area contributed by atoms with Gasteiger partial charge >= 0.3 is 0 Å². The van der Waals surface area contributed by atoms with Crippen LogP contribution in [0.4, 0.5) is 5.69 Å². The molecule has 1 aromatic carbocycles. The summed E-state index contributed by atoms with van der Waals surface area (Å²) in [7, 11) is 1.66. The monoisotopic (exact) mass is 563 g/mol. The number of ether oxygens (including phenoxy) is 2. The predicted molar refractivity (Wildman–Crippen MR) is 174 cm³/mol. The minimum absolute atomic E-state index is 0.0451. The lowest BCUT2D eigenvalue weighted by Crippen LogP contribution is -2.19. The fraction of sp³-hybridized carbons (Fsp3) is 0.514. The number of anilines is 1. The van der Waals surface area contributed by atoms with Crippen molar-refractivity contribution >= 4 is 17.3 Å². The predicted octanol–water partition coefficient (Wildman–Crippen LogP) is 8.05. The van der Waals surface area contributed by atoms with Crippen LogP contribution in [0, 0.1) is 24.2 Å². The molecule has 0 unspecified atom stereocenters. The lowest BCUT2D eigenvalue weighted by atomic mass is 9.97. The summed E-state index contributed by atoms with van der Waals surface area (Å²) in [6.45, 7) is 26.2. The van der Waals surface area contributed by atoms with E-state index in [-0.39, 0.29) is 16.9 Å². The van der Waals surface area contributed by atoms with Crippen LogP contribution in [0.1, 0.15) is 107 Å². The van der Waals surface area contributed by atoms with Gasteiger partial charge in [-0.3, -0.25) is 4.79 Å². The maximum absolute atomic E-state index is 13.5. The number of benzene rings is 1. The van der Waals surface area contributed by atoms with E-state index in [2.05, 4.69) is 76.4 Å². The van der Waals surface area contributed by atoms with Crippen LogP contribution in [-0.2, 0) is 21.6 Å². The first-order chi connectivity index (χ1) is 19.3. The van der Waals surface area contributed by atoms with Gasteiger partial charge in [-0.15, -0.1) is 6.58 Å². The summed E-state index contributed by atoms with van der Waals surface area (Å²) >= 11 is 0. The van der Waals surface area contributed by atoms with Crippen molar-refractivity contribution in [2.75, 3.05) is 25.6 Å². The van der Waals surface area contributed by atoms with Gasteiger partial charge in [-0.05, 0) is 90.8 Å². The number of rotatable bonds is 10. The van der Waals surface area contributed by atoms with E-state index in [0.29, 0.717) is 34.8 Å². The quantitative estimate of drug-likeness (QED) is 0.174.